The highest BCUT2D eigenvalue weighted by Crippen LogP contribution is 2.29. The predicted molar refractivity (Wildman–Crippen MR) is 68.8 cm³/mol. The van der Waals surface area contributed by atoms with Gasteiger partial charge in [0.05, 0.1) is 16.0 Å². The highest BCUT2D eigenvalue weighted by molar-refractivity contribution is 6.32. The van der Waals surface area contributed by atoms with Gasteiger partial charge in [0.2, 0.25) is 0 Å². The van der Waals surface area contributed by atoms with Crippen LogP contribution in [0.15, 0.2) is 42.5 Å². The largest absolute Gasteiger partial charge is 0.487 e. The van der Waals surface area contributed by atoms with Crippen LogP contribution in [-0.4, -0.2) is 4.92 Å². The Morgan fingerprint density at radius 1 is 1.26 bits per heavy atom. The molecule has 0 fully saturated rings. The Morgan fingerprint density at radius 2 is 2.00 bits per heavy atom. The fourth-order valence-electron chi connectivity index (χ4n) is 1.49. The van der Waals surface area contributed by atoms with Crippen molar-refractivity contribution >= 4 is 17.3 Å². The van der Waals surface area contributed by atoms with Crippen LogP contribution in [0.3, 0.4) is 0 Å². The van der Waals surface area contributed by atoms with Gasteiger partial charge in [-0.3, -0.25) is 10.1 Å². The lowest BCUT2D eigenvalue weighted by Gasteiger charge is -2.08. The van der Waals surface area contributed by atoms with Crippen molar-refractivity contribution in [1.29, 1.82) is 0 Å². The molecule has 2 rings (SSSR count). The zero-order valence-corrected chi connectivity index (χ0v) is 10.4. The van der Waals surface area contributed by atoms with E-state index in [1.165, 1.54) is 24.3 Å². The first-order valence-corrected chi connectivity index (χ1v) is 5.76. The first-order chi connectivity index (χ1) is 9.08. The van der Waals surface area contributed by atoms with Crippen LogP contribution in [-0.2, 0) is 6.61 Å². The number of hydrogen-bond acceptors (Lipinski definition) is 3. The first-order valence-electron chi connectivity index (χ1n) is 5.38. The second-order valence-electron chi connectivity index (χ2n) is 3.75. The van der Waals surface area contributed by atoms with Crippen LogP contribution in [0.2, 0.25) is 5.02 Å². The van der Waals surface area contributed by atoms with Gasteiger partial charge in [-0.1, -0.05) is 29.8 Å². The molecule has 19 heavy (non-hydrogen) atoms. The molecule has 0 amide bonds. The maximum Gasteiger partial charge on any atom is 0.273 e. The Kier molecular flexibility index (Phi) is 3.97. The smallest absolute Gasteiger partial charge is 0.273 e. The lowest BCUT2D eigenvalue weighted by atomic mass is 10.2. The van der Waals surface area contributed by atoms with E-state index in [9.17, 15) is 14.5 Å². The number of non-ortho nitro benzene ring substituents is 1. The van der Waals surface area contributed by atoms with Gasteiger partial charge < -0.3 is 4.74 Å². The summed E-state index contributed by atoms with van der Waals surface area (Å²) in [6.45, 7) is -0.0481. The molecule has 0 aliphatic heterocycles. The summed E-state index contributed by atoms with van der Waals surface area (Å²) in [6.07, 6.45) is 0. The van der Waals surface area contributed by atoms with Crippen molar-refractivity contribution in [3.8, 4) is 5.75 Å². The number of rotatable bonds is 4. The van der Waals surface area contributed by atoms with Gasteiger partial charge in [0, 0.05) is 11.6 Å². The summed E-state index contributed by atoms with van der Waals surface area (Å²) in [5, 5.41) is 10.9. The van der Waals surface area contributed by atoms with Crippen molar-refractivity contribution in [3.63, 3.8) is 0 Å². The van der Waals surface area contributed by atoms with E-state index in [1.54, 1.807) is 18.2 Å². The molecule has 0 aliphatic carbocycles. The lowest BCUT2D eigenvalue weighted by Crippen LogP contribution is -1.99. The van der Waals surface area contributed by atoms with Crippen LogP contribution in [0, 0.1) is 15.9 Å². The molecular weight excluding hydrogens is 273 g/mol. The zero-order valence-electron chi connectivity index (χ0n) is 9.68. The quantitative estimate of drug-likeness (QED) is 0.629. The van der Waals surface area contributed by atoms with E-state index in [1.807, 2.05) is 0 Å². The average molecular weight is 282 g/mol. The molecule has 0 heterocycles. The van der Waals surface area contributed by atoms with Gasteiger partial charge in [-0.2, -0.15) is 0 Å². The van der Waals surface area contributed by atoms with Crippen molar-refractivity contribution in [2.75, 3.05) is 0 Å². The first kappa shape index (κ1) is 13.3. The summed E-state index contributed by atoms with van der Waals surface area (Å²) in [4.78, 5) is 10.1. The molecule has 98 valence electrons. The summed E-state index contributed by atoms with van der Waals surface area (Å²) < 4.78 is 18.7. The minimum absolute atomic E-state index is 0.0481. The number of ether oxygens (including phenoxy) is 1. The SMILES string of the molecule is O=[N+]([O-])c1ccc(Cl)c(OCc2ccccc2F)c1. The fraction of sp³-hybridized carbons (Fsp3) is 0.0769. The van der Waals surface area contributed by atoms with Gasteiger partial charge in [-0.25, -0.2) is 4.39 Å². The number of benzene rings is 2. The van der Waals surface area contributed by atoms with E-state index >= 15 is 0 Å². The Labute approximate surface area is 113 Å². The highest BCUT2D eigenvalue weighted by Gasteiger charge is 2.11. The van der Waals surface area contributed by atoms with Gasteiger partial charge in [0.25, 0.3) is 5.69 Å². The third kappa shape index (κ3) is 3.20. The highest BCUT2D eigenvalue weighted by atomic mass is 35.5. The maximum atomic E-state index is 13.4. The lowest BCUT2D eigenvalue weighted by molar-refractivity contribution is -0.384. The van der Waals surface area contributed by atoms with Crippen LogP contribution in [0.4, 0.5) is 10.1 Å². The Balaban J connectivity index is 2.17. The van der Waals surface area contributed by atoms with Crippen molar-refractivity contribution in [1.82, 2.24) is 0 Å². The molecule has 0 bridgehead atoms. The minimum atomic E-state index is -0.549. The Hall–Kier alpha value is -2.14. The minimum Gasteiger partial charge on any atom is -0.487 e. The van der Waals surface area contributed by atoms with Crippen LogP contribution < -0.4 is 4.74 Å². The molecule has 6 heteroatoms. The molecule has 0 saturated carbocycles. The van der Waals surface area contributed by atoms with E-state index in [0.717, 1.165) is 0 Å². The van der Waals surface area contributed by atoms with Crippen LogP contribution >= 0.6 is 11.6 Å². The van der Waals surface area contributed by atoms with E-state index < -0.39 is 10.7 Å². The van der Waals surface area contributed by atoms with Crippen molar-refractivity contribution in [2.45, 2.75) is 6.61 Å². The van der Waals surface area contributed by atoms with Crippen molar-refractivity contribution in [3.05, 3.63) is 69.0 Å². The van der Waals surface area contributed by atoms with Crippen LogP contribution in [0.25, 0.3) is 0 Å². The van der Waals surface area contributed by atoms with E-state index in [2.05, 4.69) is 0 Å². The summed E-state index contributed by atoms with van der Waals surface area (Å²) in [5.74, 6) is -0.247. The van der Waals surface area contributed by atoms with Crippen LogP contribution in [0.1, 0.15) is 5.56 Å². The molecular formula is C13H9ClFNO3. The number of hydrogen-bond donors (Lipinski definition) is 0. The van der Waals surface area contributed by atoms with Gasteiger partial charge in [-0.15, -0.1) is 0 Å². The third-order valence-corrected chi connectivity index (χ3v) is 2.78. The normalized spacial score (nSPS) is 10.2. The Morgan fingerprint density at radius 3 is 2.68 bits per heavy atom. The molecule has 0 saturated heterocycles. The molecule has 0 N–H and O–H groups in total. The van der Waals surface area contributed by atoms with Gasteiger partial charge >= 0.3 is 0 Å². The molecule has 0 aromatic heterocycles. The zero-order chi connectivity index (χ0) is 13.8. The van der Waals surface area contributed by atoms with E-state index in [-0.39, 0.29) is 23.1 Å². The van der Waals surface area contributed by atoms with E-state index in [0.29, 0.717) is 5.56 Å². The van der Waals surface area contributed by atoms with E-state index in [4.69, 9.17) is 16.3 Å². The Bertz CT molecular complexity index is 619. The number of halogens is 2. The number of nitro groups is 1. The van der Waals surface area contributed by atoms with Crippen LogP contribution in [0.5, 0.6) is 5.75 Å². The van der Waals surface area contributed by atoms with Gasteiger partial charge in [0.15, 0.2) is 0 Å². The van der Waals surface area contributed by atoms with Gasteiger partial charge in [0.1, 0.15) is 18.2 Å². The van der Waals surface area contributed by atoms with Crippen molar-refractivity contribution < 1.29 is 14.1 Å². The average Bonchev–Trinajstić information content (AvgIpc) is 2.39. The van der Waals surface area contributed by atoms with Crippen molar-refractivity contribution in [2.24, 2.45) is 0 Å². The fourth-order valence-corrected chi connectivity index (χ4v) is 1.66. The molecule has 0 aliphatic rings. The monoisotopic (exact) mass is 281 g/mol. The predicted octanol–water partition coefficient (Wildman–Crippen LogP) is 3.97. The molecule has 0 atom stereocenters. The second-order valence-corrected chi connectivity index (χ2v) is 4.16. The molecule has 4 nitrogen and oxygen atoms in total. The summed E-state index contributed by atoms with van der Waals surface area (Å²) in [5.41, 5.74) is 0.220. The standard InChI is InChI=1S/C13H9ClFNO3/c14-11-6-5-10(16(17)18)7-13(11)19-8-9-3-1-2-4-12(9)15/h1-7H,8H2. The topological polar surface area (TPSA) is 52.4 Å². The number of nitrogens with zero attached hydrogens (tertiary/aromatic N) is 1. The van der Waals surface area contributed by atoms with Gasteiger partial charge in [-0.05, 0) is 12.1 Å². The summed E-state index contributed by atoms with van der Waals surface area (Å²) in [7, 11) is 0. The second kappa shape index (κ2) is 5.67. The third-order valence-electron chi connectivity index (χ3n) is 2.47. The summed E-state index contributed by atoms with van der Waals surface area (Å²) >= 11 is 5.87. The molecule has 0 unspecified atom stereocenters. The molecule has 2 aromatic rings. The molecule has 0 radical (unpaired) electrons. The molecule has 0 spiro atoms. The molecule has 2 aromatic carbocycles. The summed E-state index contributed by atoms with van der Waals surface area (Å²) in [6, 6.07) is 9.99. The number of nitro benzene ring substituents is 1. The maximum absolute atomic E-state index is 13.4.